The van der Waals surface area contributed by atoms with Crippen molar-refractivity contribution in [2.75, 3.05) is 13.6 Å². The Morgan fingerprint density at radius 2 is 2.10 bits per heavy atom. The zero-order chi connectivity index (χ0) is 15.5. The van der Waals surface area contributed by atoms with Crippen molar-refractivity contribution in [3.8, 4) is 0 Å². The van der Waals surface area contributed by atoms with E-state index < -0.39 is 10.0 Å². The summed E-state index contributed by atoms with van der Waals surface area (Å²) in [6.07, 6.45) is 3.49. The van der Waals surface area contributed by atoms with Gasteiger partial charge >= 0.3 is 0 Å². The van der Waals surface area contributed by atoms with E-state index in [0.29, 0.717) is 29.9 Å². The third kappa shape index (κ3) is 4.19. The van der Waals surface area contributed by atoms with Gasteiger partial charge in [0.2, 0.25) is 10.0 Å². The summed E-state index contributed by atoms with van der Waals surface area (Å²) < 4.78 is 27.4. The number of benzene rings is 1. The van der Waals surface area contributed by atoms with Crippen molar-refractivity contribution >= 4 is 21.6 Å². The Kier molecular flexibility index (Phi) is 5.66. The predicted molar refractivity (Wildman–Crippen MR) is 85.9 cm³/mol. The summed E-state index contributed by atoms with van der Waals surface area (Å²) in [5.41, 5.74) is 0.891. The molecule has 0 radical (unpaired) electrons. The van der Waals surface area contributed by atoms with Crippen molar-refractivity contribution < 1.29 is 8.42 Å². The van der Waals surface area contributed by atoms with Gasteiger partial charge in [0.15, 0.2) is 0 Å². The van der Waals surface area contributed by atoms with E-state index in [9.17, 15) is 8.42 Å². The van der Waals surface area contributed by atoms with Crippen LogP contribution in [-0.2, 0) is 16.6 Å². The molecule has 1 aliphatic carbocycles. The molecule has 2 rings (SSSR count). The maximum absolute atomic E-state index is 12.3. The van der Waals surface area contributed by atoms with Gasteiger partial charge in [-0.2, -0.15) is 0 Å². The van der Waals surface area contributed by atoms with E-state index in [0.717, 1.165) is 12.0 Å². The molecule has 6 heteroatoms. The summed E-state index contributed by atoms with van der Waals surface area (Å²) in [7, 11) is -1.66. The van der Waals surface area contributed by atoms with E-state index in [1.165, 1.54) is 18.9 Å². The number of sulfonamides is 1. The largest absolute Gasteiger partial charge is 0.316 e. The van der Waals surface area contributed by atoms with E-state index in [1.54, 1.807) is 12.1 Å². The second-order valence-corrected chi connectivity index (χ2v) is 7.98. The lowest BCUT2D eigenvalue weighted by Gasteiger charge is -2.16. The Bertz CT molecular complexity index is 589. The van der Waals surface area contributed by atoms with E-state index >= 15 is 0 Å². The minimum atomic E-state index is -3.48. The van der Waals surface area contributed by atoms with Crippen LogP contribution < -0.4 is 10.0 Å². The second kappa shape index (κ2) is 7.09. The first kappa shape index (κ1) is 16.7. The number of hydrogen-bond donors (Lipinski definition) is 2. The highest BCUT2D eigenvalue weighted by Crippen LogP contribution is 2.31. The van der Waals surface area contributed by atoms with Crippen molar-refractivity contribution in [2.45, 2.75) is 37.6 Å². The smallest absolute Gasteiger partial charge is 0.240 e. The fourth-order valence-electron chi connectivity index (χ4n) is 2.85. The molecule has 0 amide bonds. The third-order valence-corrected chi connectivity index (χ3v) is 6.05. The first-order valence-electron chi connectivity index (χ1n) is 7.36. The van der Waals surface area contributed by atoms with Gasteiger partial charge in [-0.05, 0) is 43.0 Å². The van der Waals surface area contributed by atoms with Crippen molar-refractivity contribution in [3.05, 3.63) is 28.8 Å². The van der Waals surface area contributed by atoms with E-state index in [4.69, 9.17) is 11.6 Å². The molecule has 0 aromatic heterocycles. The van der Waals surface area contributed by atoms with Crippen LogP contribution in [0, 0.1) is 11.8 Å². The molecular formula is C15H23ClN2O2S. The summed E-state index contributed by atoms with van der Waals surface area (Å²) >= 11 is 6.13. The molecule has 2 atom stereocenters. The monoisotopic (exact) mass is 330 g/mol. The van der Waals surface area contributed by atoms with E-state index in [1.807, 2.05) is 7.05 Å². The molecule has 0 spiro atoms. The predicted octanol–water partition coefficient (Wildman–Crippen LogP) is 2.77. The zero-order valence-corrected chi connectivity index (χ0v) is 14.1. The average Bonchev–Trinajstić information content (AvgIpc) is 2.84. The molecule has 4 nitrogen and oxygen atoms in total. The maximum atomic E-state index is 12.3. The SMILES string of the molecule is CNCc1ccc(S(=O)(=O)NCC2CCCC2C)cc1Cl. The average molecular weight is 331 g/mol. The Labute approximate surface area is 132 Å². The molecular weight excluding hydrogens is 308 g/mol. The van der Waals surface area contributed by atoms with Crippen LogP contribution in [0.15, 0.2) is 23.1 Å². The molecule has 0 aliphatic heterocycles. The summed E-state index contributed by atoms with van der Waals surface area (Å²) in [4.78, 5) is 0.234. The molecule has 0 heterocycles. The van der Waals surface area contributed by atoms with Crippen LogP contribution >= 0.6 is 11.6 Å². The van der Waals surface area contributed by atoms with Gasteiger partial charge in [0.25, 0.3) is 0 Å². The van der Waals surface area contributed by atoms with Gasteiger partial charge in [-0.1, -0.05) is 37.4 Å². The lowest BCUT2D eigenvalue weighted by molar-refractivity contribution is 0.414. The molecule has 0 saturated heterocycles. The molecule has 1 aliphatic rings. The van der Waals surface area contributed by atoms with Crippen LogP contribution in [-0.4, -0.2) is 22.0 Å². The van der Waals surface area contributed by atoms with Crippen LogP contribution in [0.3, 0.4) is 0 Å². The minimum absolute atomic E-state index is 0.234. The summed E-state index contributed by atoms with van der Waals surface area (Å²) in [5.74, 6) is 1.04. The molecule has 0 bridgehead atoms. The van der Waals surface area contributed by atoms with Crippen molar-refractivity contribution in [2.24, 2.45) is 11.8 Å². The van der Waals surface area contributed by atoms with Gasteiger partial charge in [-0.15, -0.1) is 0 Å². The first-order valence-corrected chi connectivity index (χ1v) is 9.23. The van der Waals surface area contributed by atoms with Gasteiger partial charge in [-0.25, -0.2) is 13.1 Å². The quantitative estimate of drug-likeness (QED) is 0.843. The maximum Gasteiger partial charge on any atom is 0.240 e. The van der Waals surface area contributed by atoms with Crippen molar-refractivity contribution in [1.82, 2.24) is 10.0 Å². The van der Waals surface area contributed by atoms with Crippen LogP contribution in [0.2, 0.25) is 5.02 Å². The summed E-state index contributed by atoms with van der Waals surface area (Å²) in [6.45, 7) is 3.32. The van der Waals surface area contributed by atoms with Crippen LogP contribution in [0.1, 0.15) is 31.7 Å². The number of nitrogens with one attached hydrogen (secondary N) is 2. The van der Waals surface area contributed by atoms with E-state index in [-0.39, 0.29) is 4.90 Å². The van der Waals surface area contributed by atoms with Gasteiger partial charge < -0.3 is 5.32 Å². The fourth-order valence-corrected chi connectivity index (χ4v) is 4.29. The van der Waals surface area contributed by atoms with Crippen LogP contribution in [0.4, 0.5) is 0 Å². The number of hydrogen-bond acceptors (Lipinski definition) is 3. The molecule has 1 saturated carbocycles. The second-order valence-electron chi connectivity index (χ2n) is 5.80. The van der Waals surface area contributed by atoms with Gasteiger partial charge in [0.1, 0.15) is 0 Å². The Hall–Kier alpha value is -0.620. The summed E-state index contributed by atoms with van der Waals surface area (Å²) in [6, 6.07) is 4.89. The first-order chi connectivity index (χ1) is 9.94. The standard InChI is InChI=1S/C15H23ClN2O2S/c1-11-4-3-5-12(11)10-18-21(19,20)14-7-6-13(9-17-2)15(16)8-14/h6-8,11-12,17-18H,3-5,9-10H2,1-2H3. The lowest BCUT2D eigenvalue weighted by Crippen LogP contribution is -2.30. The molecule has 118 valence electrons. The summed E-state index contributed by atoms with van der Waals surface area (Å²) in [5, 5.41) is 3.47. The third-order valence-electron chi connectivity index (χ3n) is 4.28. The lowest BCUT2D eigenvalue weighted by atomic mass is 9.99. The van der Waals surface area contributed by atoms with Gasteiger partial charge in [0.05, 0.1) is 4.90 Å². The van der Waals surface area contributed by atoms with Crippen LogP contribution in [0.5, 0.6) is 0 Å². The number of rotatable bonds is 6. The Balaban J connectivity index is 2.06. The zero-order valence-electron chi connectivity index (χ0n) is 12.5. The molecule has 1 aromatic carbocycles. The van der Waals surface area contributed by atoms with Crippen molar-refractivity contribution in [3.63, 3.8) is 0 Å². The Morgan fingerprint density at radius 1 is 1.33 bits per heavy atom. The van der Waals surface area contributed by atoms with Crippen molar-refractivity contribution in [1.29, 1.82) is 0 Å². The molecule has 21 heavy (non-hydrogen) atoms. The highest BCUT2D eigenvalue weighted by molar-refractivity contribution is 7.89. The van der Waals surface area contributed by atoms with Gasteiger partial charge in [0, 0.05) is 18.1 Å². The molecule has 2 N–H and O–H groups in total. The molecule has 2 unspecified atom stereocenters. The molecule has 1 fully saturated rings. The Morgan fingerprint density at radius 3 is 2.67 bits per heavy atom. The molecule has 1 aromatic rings. The highest BCUT2D eigenvalue weighted by atomic mass is 35.5. The normalized spacial score (nSPS) is 22.6. The minimum Gasteiger partial charge on any atom is -0.316 e. The fraction of sp³-hybridized carbons (Fsp3) is 0.600. The number of halogens is 1. The highest BCUT2D eigenvalue weighted by Gasteiger charge is 2.25. The van der Waals surface area contributed by atoms with E-state index in [2.05, 4.69) is 17.0 Å². The topological polar surface area (TPSA) is 58.2 Å². The van der Waals surface area contributed by atoms with Gasteiger partial charge in [-0.3, -0.25) is 0 Å². The van der Waals surface area contributed by atoms with Crippen LogP contribution in [0.25, 0.3) is 0 Å².